The van der Waals surface area contributed by atoms with Gasteiger partial charge in [0.05, 0.1) is 5.71 Å². The summed E-state index contributed by atoms with van der Waals surface area (Å²) in [5.41, 5.74) is 5.34. The Kier molecular flexibility index (Phi) is 7.68. The summed E-state index contributed by atoms with van der Waals surface area (Å²) in [4.78, 5) is 16.1. The molecular weight excluding hydrogens is 298 g/mol. The SMILES string of the molecule is CCCCCCCC(=O)N/N=C(\c1ccccc1)c1ccncc1. The van der Waals surface area contributed by atoms with Crippen LogP contribution in [0.2, 0.25) is 0 Å². The summed E-state index contributed by atoms with van der Waals surface area (Å²) in [6.45, 7) is 2.19. The average Bonchev–Trinajstić information content (AvgIpc) is 2.63. The van der Waals surface area contributed by atoms with Crippen LogP contribution in [-0.2, 0) is 4.79 Å². The van der Waals surface area contributed by atoms with E-state index in [-0.39, 0.29) is 5.91 Å². The van der Waals surface area contributed by atoms with E-state index in [1.165, 1.54) is 19.3 Å². The molecule has 1 N–H and O–H groups in total. The van der Waals surface area contributed by atoms with Crippen LogP contribution in [0.5, 0.6) is 0 Å². The molecule has 2 rings (SSSR count). The number of hydrazone groups is 1. The topological polar surface area (TPSA) is 54.4 Å². The smallest absolute Gasteiger partial charge is 0.240 e. The number of rotatable bonds is 9. The number of nitrogens with zero attached hydrogens (tertiary/aromatic N) is 2. The van der Waals surface area contributed by atoms with Crippen LogP contribution in [0.15, 0.2) is 60.0 Å². The molecule has 4 heteroatoms. The van der Waals surface area contributed by atoms with Gasteiger partial charge in [-0.2, -0.15) is 5.10 Å². The third-order valence-corrected chi connectivity index (χ3v) is 3.80. The Balaban J connectivity index is 2.00. The lowest BCUT2D eigenvalue weighted by Crippen LogP contribution is -2.20. The van der Waals surface area contributed by atoms with Gasteiger partial charge in [0.1, 0.15) is 0 Å². The summed E-state index contributed by atoms with van der Waals surface area (Å²) in [7, 11) is 0. The first-order valence-corrected chi connectivity index (χ1v) is 8.63. The Morgan fingerprint density at radius 2 is 1.62 bits per heavy atom. The number of aromatic nitrogens is 1. The van der Waals surface area contributed by atoms with E-state index >= 15 is 0 Å². The molecule has 0 saturated heterocycles. The van der Waals surface area contributed by atoms with Gasteiger partial charge in [-0.05, 0) is 18.6 Å². The van der Waals surface area contributed by atoms with Crippen molar-refractivity contribution in [1.82, 2.24) is 10.4 Å². The molecule has 0 spiro atoms. The van der Waals surface area contributed by atoms with Gasteiger partial charge in [0, 0.05) is 29.9 Å². The van der Waals surface area contributed by atoms with Crippen molar-refractivity contribution in [2.24, 2.45) is 5.10 Å². The van der Waals surface area contributed by atoms with Crippen molar-refractivity contribution in [1.29, 1.82) is 0 Å². The van der Waals surface area contributed by atoms with Crippen molar-refractivity contribution < 1.29 is 4.79 Å². The van der Waals surface area contributed by atoms with Crippen LogP contribution < -0.4 is 5.43 Å². The standard InChI is InChI=1S/C20H25N3O/c1-2-3-4-5-9-12-19(24)22-23-20(17-10-7-6-8-11-17)18-13-15-21-16-14-18/h6-8,10-11,13-16H,2-5,9,12H2,1H3,(H,22,24)/b23-20+. The van der Waals surface area contributed by atoms with Gasteiger partial charge >= 0.3 is 0 Å². The van der Waals surface area contributed by atoms with Crippen LogP contribution >= 0.6 is 0 Å². The number of amides is 1. The Morgan fingerprint density at radius 3 is 2.33 bits per heavy atom. The summed E-state index contributed by atoms with van der Waals surface area (Å²) >= 11 is 0. The first kappa shape index (κ1) is 17.9. The van der Waals surface area contributed by atoms with E-state index in [0.29, 0.717) is 6.42 Å². The van der Waals surface area contributed by atoms with Crippen LogP contribution in [0.3, 0.4) is 0 Å². The zero-order valence-corrected chi connectivity index (χ0v) is 14.2. The maximum Gasteiger partial charge on any atom is 0.240 e. The van der Waals surface area contributed by atoms with Gasteiger partial charge in [0.25, 0.3) is 0 Å². The number of benzene rings is 1. The predicted octanol–water partition coefficient (Wildman–Crippen LogP) is 4.31. The lowest BCUT2D eigenvalue weighted by Gasteiger charge is -2.08. The normalized spacial score (nSPS) is 11.3. The van der Waals surface area contributed by atoms with Gasteiger partial charge in [-0.25, -0.2) is 5.43 Å². The number of hydrogen-bond donors (Lipinski definition) is 1. The van der Waals surface area contributed by atoms with E-state index < -0.39 is 0 Å². The third-order valence-electron chi connectivity index (χ3n) is 3.80. The molecule has 0 unspecified atom stereocenters. The molecule has 2 aromatic rings. The van der Waals surface area contributed by atoms with Crippen molar-refractivity contribution in [2.45, 2.75) is 45.4 Å². The largest absolute Gasteiger partial charge is 0.273 e. The lowest BCUT2D eigenvalue weighted by atomic mass is 10.0. The Hall–Kier alpha value is -2.49. The van der Waals surface area contributed by atoms with E-state index in [1.807, 2.05) is 42.5 Å². The quantitative estimate of drug-likeness (QED) is 0.425. The van der Waals surface area contributed by atoms with Crippen LogP contribution in [-0.4, -0.2) is 16.6 Å². The zero-order valence-electron chi connectivity index (χ0n) is 14.2. The van der Waals surface area contributed by atoms with Crippen molar-refractivity contribution in [3.8, 4) is 0 Å². The van der Waals surface area contributed by atoms with Crippen LogP contribution in [0, 0.1) is 0 Å². The first-order chi connectivity index (χ1) is 11.8. The zero-order chi connectivity index (χ0) is 17.0. The molecule has 1 amide bonds. The van der Waals surface area contributed by atoms with Gasteiger partial charge in [-0.1, -0.05) is 62.9 Å². The summed E-state index contributed by atoms with van der Waals surface area (Å²) in [6, 6.07) is 13.6. The molecule has 0 atom stereocenters. The molecular formula is C20H25N3O. The second-order valence-corrected chi connectivity index (χ2v) is 5.76. The maximum absolute atomic E-state index is 12.0. The van der Waals surface area contributed by atoms with Crippen LogP contribution in [0.1, 0.15) is 56.6 Å². The summed E-state index contributed by atoms with van der Waals surface area (Å²) in [6.07, 6.45) is 9.62. The highest BCUT2D eigenvalue weighted by atomic mass is 16.2. The fraction of sp³-hybridized carbons (Fsp3) is 0.350. The molecule has 24 heavy (non-hydrogen) atoms. The minimum atomic E-state index is -0.0333. The number of unbranched alkanes of at least 4 members (excludes halogenated alkanes) is 4. The number of carbonyl (C=O) groups is 1. The van der Waals surface area contributed by atoms with Crippen molar-refractivity contribution in [2.75, 3.05) is 0 Å². The Morgan fingerprint density at radius 1 is 0.958 bits per heavy atom. The monoisotopic (exact) mass is 323 g/mol. The molecule has 0 fully saturated rings. The summed E-state index contributed by atoms with van der Waals surface area (Å²) < 4.78 is 0. The van der Waals surface area contributed by atoms with E-state index in [2.05, 4.69) is 22.4 Å². The maximum atomic E-state index is 12.0. The molecule has 1 aromatic carbocycles. The fourth-order valence-corrected chi connectivity index (χ4v) is 2.46. The summed E-state index contributed by atoms with van der Waals surface area (Å²) in [5.74, 6) is -0.0333. The van der Waals surface area contributed by atoms with Gasteiger partial charge < -0.3 is 0 Å². The van der Waals surface area contributed by atoms with Gasteiger partial charge in [-0.3, -0.25) is 9.78 Å². The number of nitrogens with one attached hydrogen (secondary N) is 1. The van der Waals surface area contributed by atoms with Crippen molar-refractivity contribution in [3.63, 3.8) is 0 Å². The lowest BCUT2D eigenvalue weighted by molar-refractivity contribution is -0.121. The Bertz CT molecular complexity index is 597. The molecule has 0 aliphatic heterocycles. The summed E-state index contributed by atoms with van der Waals surface area (Å²) in [5, 5.41) is 4.37. The van der Waals surface area contributed by atoms with Crippen molar-refractivity contribution in [3.05, 3.63) is 66.0 Å². The van der Waals surface area contributed by atoms with Crippen LogP contribution in [0.25, 0.3) is 0 Å². The molecule has 0 aliphatic carbocycles. The van der Waals surface area contributed by atoms with Gasteiger partial charge in [-0.15, -0.1) is 0 Å². The van der Waals surface area contributed by atoms with E-state index in [1.54, 1.807) is 12.4 Å². The molecule has 1 heterocycles. The molecule has 0 saturated carbocycles. The molecule has 1 aromatic heterocycles. The van der Waals surface area contributed by atoms with E-state index in [0.717, 1.165) is 29.7 Å². The van der Waals surface area contributed by atoms with Crippen LogP contribution in [0.4, 0.5) is 0 Å². The average molecular weight is 323 g/mol. The second-order valence-electron chi connectivity index (χ2n) is 5.76. The highest BCUT2D eigenvalue weighted by Gasteiger charge is 2.08. The van der Waals surface area contributed by atoms with E-state index in [4.69, 9.17) is 0 Å². The van der Waals surface area contributed by atoms with E-state index in [9.17, 15) is 4.79 Å². The molecule has 0 bridgehead atoms. The van der Waals surface area contributed by atoms with Crippen molar-refractivity contribution >= 4 is 11.6 Å². The minimum absolute atomic E-state index is 0.0333. The third kappa shape index (κ3) is 5.95. The number of pyridine rings is 1. The molecule has 0 radical (unpaired) electrons. The minimum Gasteiger partial charge on any atom is -0.273 e. The predicted molar refractivity (Wildman–Crippen MR) is 97.8 cm³/mol. The highest BCUT2D eigenvalue weighted by molar-refractivity contribution is 6.13. The Labute approximate surface area is 144 Å². The van der Waals surface area contributed by atoms with Gasteiger partial charge in [0.15, 0.2) is 0 Å². The number of carbonyl (C=O) groups excluding carboxylic acids is 1. The van der Waals surface area contributed by atoms with Gasteiger partial charge in [0.2, 0.25) is 5.91 Å². The molecule has 4 nitrogen and oxygen atoms in total. The number of hydrogen-bond acceptors (Lipinski definition) is 3. The first-order valence-electron chi connectivity index (χ1n) is 8.63. The molecule has 126 valence electrons. The molecule has 0 aliphatic rings. The second kappa shape index (κ2) is 10.3. The highest BCUT2D eigenvalue weighted by Crippen LogP contribution is 2.10. The fourth-order valence-electron chi connectivity index (χ4n) is 2.46.